The summed E-state index contributed by atoms with van der Waals surface area (Å²) in [4.78, 5) is 12.8. The molecule has 6 heteroatoms. The maximum atomic E-state index is 11.0. The minimum absolute atomic E-state index is 0.00277. The van der Waals surface area contributed by atoms with Crippen molar-refractivity contribution >= 4 is 11.4 Å². The average molecular weight is 308 g/mol. The number of aliphatic hydroxyl groups excluding tert-OH is 1. The van der Waals surface area contributed by atoms with Gasteiger partial charge in [0.15, 0.2) is 5.75 Å². The summed E-state index contributed by atoms with van der Waals surface area (Å²) in [7, 11) is 2.01. The Morgan fingerprint density at radius 3 is 2.59 bits per heavy atom. The Morgan fingerprint density at radius 2 is 2.05 bits per heavy atom. The lowest BCUT2D eigenvalue weighted by atomic mass is 9.86. The van der Waals surface area contributed by atoms with E-state index in [0.717, 1.165) is 31.4 Å². The molecule has 0 bridgehead atoms. The molecule has 0 unspecified atom stereocenters. The van der Waals surface area contributed by atoms with Crippen LogP contribution in [0.2, 0.25) is 0 Å². The van der Waals surface area contributed by atoms with Crippen LogP contribution < -0.4 is 9.64 Å². The van der Waals surface area contributed by atoms with E-state index < -0.39 is 4.92 Å². The number of hydrogen-bond acceptors (Lipinski definition) is 5. The molecule has 0 radical (unpaired) electrons. The van der Waals surface area contributed by atoms with Crippen molar-refractivity contribution in [3.05, 3.63) is 28.3 Å². The molecule has 0 amide bonds. The van der Waals surface area contributed by atoms with Gasteiger partial charge in [-0.1, -0.05) is 0 Å². The maximum Gasteiger partial charge on any atom is 0.311 e. The molecule has 6 nitrogen and oxygen atoms in total. The third kappa shape index (κ3) is 3.68. The molecule has 1 saturated carbocycles. The Labute approximate surface area is 130 Å². The van der Waals surface area contributed by atoms with Crippen LogP contribution in [0.3, 0.4) is 0 Å². The van der Waals surface area contributed by atoms with Crippen LogP contribution in [0.1, 0.15) is 32.6 Å². The second-order valence-corrected chi connectivity index (χ2v) is 5.81. The fourth-order valence-electron chi connectivity index (χ4n) is 3.07. The van der Waals surface area contributed by atoms with Gasteiger partial charge in [0.25, 0.3) is 0 Å². The zero-order valence-electron chi connectivity index (χ0n) is 13.2. The van der Waals surface area contributed by atoms with Gasteiger partial charge in [-0.3, -0.25) is 10.1 Å². The lowest BCUT2D eigenvalue weighted by Crippen LogP contribution is -2.35. The maximum absolute atomic E-state index is 11.0. The Bertz CT molecular complexity index is 513. The number of anilines is 1. The van der Waals surface area contributed by atoms with E-state index in [1.165, 1.54) is 6.07 Å². The monoisotopic (exact) mass is 308 g/mol. The average Bonchev–Trinajstić information content (AvgIpc) is 2.54. The van der Waals surface area contributed by atoms with E-state index in [0.29, 0.717) is 24.3 Å². The van der Waals surface area contributed by atoms with E-state index in [1.54, 1.807) is 12.1 Å². The second kappa shape index (κ2) is 7.45. The van der Waals surface area contributed by atoms with Crippen molar-refractivity contribution in [3.8, 4) is 5.75 Å². The SMILES string of the molecule is CCOc1cc(N(C)C2CCC(CO)CC2)ccc1[N+](=O)[O-]. The van der Waals surface area contributed by atoms with Crippen LogP contribution >= 0.6 is 0 Å². The molecular formula is C16H24N2O4. The van der Waals surface area contributed by atoms with Gasteiger partial charge >= 0.3 is 5.69 Å². The highest BCUT2D eigenvalue weighted by atomic mass is 16.6. The largest absolute Gasteiger partial charge is 0.487 e. The molecular weight excluding hydrogens is 284 g/mol. The van der Waals surface area contributed by atoms with Gasteiger partial charge in [0.1, 0.15) is 0 Å². The van der Waals surface area contributed by atoms with E-state index in [1.807, 2.05) is 14.0 Å². The predicted octanol–water partition coefficient (Wildman–Crippen LogP) is 2.98. The fraction of sp³-hybridized carbons (Fsp3) is 0.625. The molecule has 122 valence electrons. The lowest BCUT2D eigenvalue weighted by Gasteiger charge is -2.35. The molecule has 22 heavy (non-hydrogen) atoms. The predicted molar refractivity (Wildman–Crippen MR) is 85.5 cm³/mol. The van der Waals surface area contributed by atoms with Crippen LogP contribution in [0.5, 0.6) is 5.75 Å². The van der Waals surface area contributed by atoms with Crippen molar-refractivity contribution < 1.29 is 14.8 Å². The van der Waals surface area contributed by atoms with Crippen LogP contribution in [-0.2, 0) is 0 Å². The molecule has 2 rings (SSSR count). The summed E-state index contributed by atoms with van der Waals surface area (Å²) in [6.07, 6.45) is 4.11. The molecule has 0 spiro atoms. The molecule has 1 aliphatic carbocycles. The normalized spacial score (nSPS) is 21.4. The van der Waals surface area contributed by atoms with Crippen molar-refractivity contribution in [2.24, 2.45) is 5.92 Å². The molecule has 1 aromatic carbocycles. The second-order valence-electron chi connectivity index (χ2n) is 5.81. The third-order valence-electron chi connectivity index (χ3n) is 4.47. The van der Waals surface area contributed by atoms with Gasteiger partial charge in [0, 0.05) is 37.5 Å². The summed E-state index contributed by atoms with van der Waals surface area (Å²) >= 11 is 0. The molecule has 0 heterocycles. The molecule has 0 saturated heterocycles. The van der Waals surface area contributed by atoms with Gasteiger partial charge in [-0.15, -0.1) is 0 Å². The molecule has 1 fully saturated rings. The summed E-state index contributed by atoms with van der Waals surface area (Å²) in [5.74, 6) is 0.737. The van der Waals surface area contributed by atoms with E-state index in [-0.39, 0.29) is 12.3 Å². The van der Waals surface area contributed by atoms with Crippen LogP contribution in [0.15, 0.2) is 18.2 Å². The Morgan fingerprint density at radius 1 is 1.36 bits per heavy atom. The van der Waals surface area contributed by atoms with Gasteiger partial charge < -0.3 is 14.7 Å². The van der Waals surface area contributed by atoms with Gasteiger partial charge in [0.05, 0.1) is 11.5 Å². The van der Waals surface area contributed by atoms with Gasteiger partial charge in [-0.05, 0) is 44.6 Å². The number of rotatable bonds is 6. The molecule has 1 aromatic rings. The first-order chi connectivity index (χ1) is 10.6. The highest BCUT2D eigenvalue weighted by Crippen LogP contribution is 2.34. The summed E-state index contributed by atoms with van der Waals surface area (Å²) in [5, 5.41) is 20.3. The molecule has 1 aliphatic rings. The molecule has 0 aliphatic heterocycles. The number of nitro benzene ring substituents is 1. The quantitative estimate of drug-likeness (QED) is 0.646. The van der Waals surface area contributed by atoms with E-state index >= 15 is 0 Å². The van der Waals surface area contributed by atoms with Crippen molar-refractivity contribution in [3.63, 3.8) is 0 Å². The first-order valence-electron chi connectivity index (χ1n) is 7.81. The smallest absolute Gasteiger partial charge is 0.311 e. The van der Waals surface area contributed by atoms with E-state index in [9.17, 15) is 15.2 Å². The number of nitro groups is 1. The van der Waals surface area contributed by atoms with Gasteiger partial charge in [0.2, 0.25) is 0 Å². The zero-order chi connectivity index (χ0) is 16.1. The highest BCUT2D eigenvalue weighted by molar-refractivity contribution is 5.59. The van der Waals surface area contributed by atoms with Gasteiger partial charge in [-0.25, -0.2) is 0 Å². The summed E-state index contributed by atoms with van der Waals surface area (Å²) in [5.41, 5.74) is 0.935. The Hall–Kier alpha value is -1.82. The summed E-state index contributed by atoms with van der Waals surface area (Å²) < 4.78 is 5.41. The third-order valence-corrected chi connectivity index (χ3v) is 4.47. The summed E-state index contributed by atoms with van der Waals surface area (Å²) in [6.45, 7) is 2.48. The summed E-state index contributed by atoms with van der Waals surface area (Å²) in [6, 6.07) is 5.44. The standard InChI is InChI=1S/C16H24N2O4/c1-3-22-16-10-14(8-9-15(16)18(20)21)17(2)13-6-4-12(11-19)5-7-13/h8-10,12-13,19H,3-7,11H2,1-2H3. The number of hydrogen-bond donors (Lipinski definition) is 1. The minimum atomic E-state index is -0.415. The van der Waals surface area contributed by atoms with Crippen LogP contribution in [-0.4, -0.2) is 36.3 Å². The molecule has 1 N–H and O–H groups in total. The first kappa shape index (κ1) is 16.5. The highest BCUT2D eigenvalue weighted by Gasteiger charge is 2.25. The van der Waals surface area contributed by atoms with Gasteiger partial charge in [-0.2, -0.15) is 0 Å². The van der Waals surface area contributed by atoms with Crippen LogP contribution in [0.4, 0.5) is 11.4 Å². The fourth-order valence-corrected chi connectivity index (χ4v) is 3.07. The van der Waals surface area contributed by atoms with Crippen molar-refractivity contribution in [1.82, 2.24) is 0 Å². The lowest BCUT2D eigenvalue weighted by molar-refractivity contribution is -0.385. The van der Waals surface area contributed by atoms with Crippen molar-refractivity contribution in [1.29, 1.82) is 0 Å². The first-order valence-corrected chi connectivity index (χ1v) is 7.81. The number of benzene rings is 1. The number of ether oxygens (including phenoxy) is 1. The molecule has 0 atom stereocenters. The minimum Gasteiger partial charge on any atom is -0.487 e. The Balaban J connectivity index is 2.14. The van der Waals surface area contributed by atoms with E-state index in [2.05, 4.69) is 4.90 Å². The van der Waals surface area contributed by atoms with Crippen LogP contribution in [0.25, 0.3) is 0 Å². The number of aliphatic hydroxyl groups is 1. The number of nitrogens with zero attached hydrogens (tertiary/aromatic N) is 2. The topological polar surface area (TPSA) is 75.8 Å². The van der Waals surface area contributed by atoms with Crippen molar-refractivity contribution in [2.75, 3.05) is 25.2 Å². The Kier molecular flexibility index (Phi) is 5.60. The van der Waals surface area contributed by atoms with E-state index in [4.69, 9.17) is 4.74 Å². The van der Waals surface area contributed by atoms with Crippen molar-refractivity contribution in [2.45, 2.75) is 38.6 Å². The molecule has 0 aromatic heterocycles. The zero-order valence-corrected chi connectivity index (χ0v) is 13.2. The van der Waals surface area contributed by atoms with Crippen LogP contribution in [0, 0.1) is 16.0 Å².